The first-order valence-electron chi connectivity index (χ1n) is 6.55. The molecule has 18 heavy (non-hydrogen) atoms. The number of imidazole rings is 1. The molecule has 0 radical (unpaired) electrons. The first-order chi connectivity index (χ1) is 8.79. The molecule has 0 aliphatic carbocycles. The van der Waals surface area contributed by atoms with Gasteiger partial charge in [0.15, 0.2) is 0 Å². The van der Waals surface area contributed by atoms with E-state index < -0.39 is 0 Å². The second kappa shape index (κ2) is 6.36. The van der Waals surface area contributed by atoms with E-state index >= 15 is 0 Å². The fourth-order valence-corrected chi connectivity index (χ4v) is 2.01. The average molecular weight is 243 g/mol. The van der Waals surface area contributed by atoms with Crippen molar-refractivity contribution in [1.29, 1.82) is 0 Å². The lowest BCUT2D eigenvalue weighted by molar-refractivity contribution is 0.687. The summed E-state index contributed by atoms with van der Waals surface area (Å²) in [6.45, 7) is 7.10. The maximum Gasteiger partial charge on any atom is 0.0950 e. The lowest BCUT2D eigenvalue weighted by Crippen LogP contribution is -2.11. The number of nitrogens with zero attached hydrogens (tertiary/aromatic N) is 2. The summed E-state index contributed by atoms with van der Waals surface area (Å²) in [4.78, 5) is 4.39. The summed E-state index contributed by atoms with van der Waals surface area (Å²) in [5, 5.41) is 3.28. The van der Waals surface area contributed by atoms with Crippen molar-refractivity contribution < 1.29 is 0 Å². The van der Waals surface area contributed by atoms with Crippen LogP contribution in [0.3, 0.4) is 0 Å². The fourth-order valence-electron chi connectivity index (χ4n) is 2.01. The van der Waals surface area contributed by atoms with Crippen molar-refractivity contribution in [2.75, 3.05) is 6.54 Å². The molecule has 0 amide bonds. The van der Waals surface area contributed by atoms with E-state index in [0.717, 1.165) is 31.7 Å². The SMILES string of the molecule is CCNCc1cn(CCc2ccccc2C)cn1. The predicted octanol–water partition coefficient (Wildman–Crippen LogP) is 2.54. The Kier molecular flexibility index (Phi) is 4.53. The van der Waals surface area contributed by atoms with Gasteiger partial charge in [-0.3, -0.25) is 0 Å². The molecule has 3 heteroatoms. The monoisotopic (exact) mass is 243 g/mol. The molecule has 1 aromatic heterocycles. The Morgan fingerprint density at radius 3 is 2.89 bits per heavy atom. The summed E-state index contributed by atoms with van der Waals surface area (Å²) >= 11 is 0. The van der Waals surface area contributed by atoms with E-state index in [-0.39, 0.29) is 0 Å². The minimum Gasteiger partial charge on any atom is -0.337 e. The third-order valence-electron chi connectivity index (χ3n) is 3.14. The van der Waals surface area contributed by atoms with Crippen LogP contribution in [0.2, 0.25) is 0 Å². The van der Waals surface area contributed by atoms with Gasteiger partial charge < -0.3 is 9.88 Å². The van der Waals surface area contributed by atoms with Crippen LogP contribution in [0.5, 0.6) is 0 Å². The molecule has 0 saturated heterocycles. The predicted molar refractivity (Wildman–Crippen MR) is 74.5 cm³/mol. The maximum absolute atomic E-state index is 4.39. The van der Waals surface area contributed by atoms with Crippen LogP contribution in [0.4, 0.5) is 0 Å². The zero-order valence-corrected chi connectivity index (χ0v) is 11.2. The number of nitrogens with one attached hydrogen (secondary N) is 1. The highest BCUT2D eigenvalue weighted by Crippen LogP contribution is 2.09. The molecule has 1 aromatic carbocycles. The first kappa shape index (κ1) is 12.8. The van der Waals surface area contributed by atoms with Crippen LogP contribution in [-0.2, 0) is 19.5 Å². The Balaban J connectivity index is 1.90. The van der Waals surface area contributed by atoms with Crippen molar-refractivity contribution in [2.24, 2.45) is 0 Å². The minimum absolute atomic E-state index is 0.855. The molecule has 0 bridgehead atoms. The van der Waals surface area contributed by atoms with Crippen LogP contribution in [0.15, 0.2) is 36.8 Å². The van der Waals surface area contributed by atoms with E-state index in [1.807, 2.05) is 6.33 Å². The van der Waals surface area contributed by atoms with Crippen molar-refractivity contribution >= 4 is 0 Å². The highest BCUT2D eigenvalue weighted by molar-refractivity contribution is 5.25. The summed E-state index contributed by atoms with van der Waals surface area (Å²) in [7, 11) is 0. The smallest absolute Gasteiger partial charge is 0.0950 e. The van der Waals surface area contributed by atoms with Crippen LogP contribution in [0.25, 0.3) is 0 Å². The van der Waals surface area contributed by atoms with Crippen molar-refractivity contribution in [3.63, 3.8) is 0 Å². The van der Waals surface area contributed by atoms with Gasteiger partial charge in [-0.15, -0.1) is 0 Å². The maximum atomic E-state index is 4.39. The molecule has 2 rings (SSSR count). The number of benzene rings is 1. The van der Waals surface area contributed by atoms with Crippen molar-refractivity contribution in [3.8, 4) is 0 Å². The second-order valence-electron chi connectivity index (χ2n) is 4.56. The average Bonchev–Trinajstić information content (AvgIpc) is 2.83. The number of aryl methyl sites for hydroxylation is 3. The van der Waals surface area contributed by atoms with Crippen LogP contribution < -0.4 is 5.32 Å². The third-order valence-corrected chi connectivity index (χ3v) is 3.14. The van der Waals surface area contributed by atoms with E-state index in [0.29, 0.717) is 0 Å². The van der Waals surface area contributed by atoms with Gasteiger partial charge in [0, 0.05) is 19.3 Å². The molecule has 0 unspecified atom stereocenters. The van der Waals surface area contributed by atoms with Gasteiger partial charge in [-0.1, -0.05) is 31.2 Å². The standard InChI is InChI=1S/C15H21N3/c1-3-16-10-15-11-18(12-17-15)9-8-14-7-5-4-6-13(14)2/h4-7,11-12,16H,3,8-10H2,1-2H3. The molecule has 0 aliphatic heterocycles. The summed E-state index contributed by atoms with van der Waals surface area (Å²) in [5.74, 6) is 0. The summed E-state index contributed by atoms with van der Waals surface area (Å²) < 4.78 is 2.17. The van der Waals surface area contributed by atoms with Gasteiger partial charge in [0.1, 0.15) is 0 Å². The van der Waals surface area contributed by atoms with Gasteiger partial charge in [-0.25, -0.2) is 4.98 Å². The molecular formula is C15H21N3. The van der Waals surface area contributed by atoms with Crippen LogP contribution in [0, 0.1) is 6.92 Å². The molecule has 1 N–H and O–H groups in total. The zero-order chi connectivity index (χ0) is 12.8. The van der Waals surface area contributed by atoms with E-state index in [9.17, 15) is 0 Å². The Labute approximate surface area is 109 Å². The molecule has 0 aliphatic rings. The number of hydrogen-bond acceptors (Lipinski definition) is 2. The quantitative estimate of drug-likeness (QED) is 0.845. The van der Waals surface area contributed by atoms with Gasteiger partial charge in [0.25, 0.3) is 0 Å². The summed E-state index contributed by atoms with van der Waals surface area (Å²) in [6, 6.07) is 8.56. The Bertz CT molecular complexity index is 488. The van der Waals surface area contributed by atoms with Crippen LogP contribution in [0.1, 0.15) is 23.7 Å². The molecule has 2 aromatic rings. The zero-order valence-electron chi connectivity index (χ0n) is 11.2. The van der Waals surface area contributed by atoms with E-state index in [2.05, 4.69) is 59.2 Å². The highest BCUT2D eigenvalue weighted by Gasteiger charge is 2.00. The molecule has 0 fully saturated rings. The van der Waals surface area contributed by atoms with Gasteiger partial charge in [0.05, 0.1) is 12.0 Å². The highest BCUT2D eigenvalue weighted by atomic mass is 15.0. The van der Waals surface area contributed by atoms with Crippen LogP contribution in [-0.4, -0.2) is 16.1 Å². The molecule has 3 nitrogen and oxygen atoms in total. The van der Waals surface area contributed by atoms with Gasteiger partial charge >= 0.3 is 0 Å². The largest absolute Gasteiger partial charge is 0.337 e. The second-order valence-corrected chi connectivity index (χ2v) is 4.56. The first-order valence-corrected chi connectivity index (χ1v) is 6.55. The third kappa shape index (κ3) is 3.44. The number of hydrogen-bond donors (Lipinski definition) is 1. The fraction of sp³-hybridized carbons (Fsp3) is 0.400. The number of aromatic nitrogens is 2. The summed E-state index contributed by atoms with van der Waals surface area (Å²) in [5.41, 5.74) is 3.89. The van der Waals surface area contributed by atoms with Gasteiger partial charge in [0.2, 0.25) is 0 Å². The summed E-state index contributed by atoms with van der Waals surface area (Å²) in [6.07, 6.45) is 5.11. The van der Waals surface area contributed by atoms with Crippen molar-refractivity contribution in [2.45, 2.75) is 33.4 Å². The van der Waals surface area contributed by atoms with E-state index in [1.54, 1.807) is 0 Å². The molecule has 96 valence electrons. The van der Waals surface area contributed by atoms with Gasteiger partial charge in [-0.2, -0.15) is 0 Å². The number of rotatable bonds is 6. The van der Waals surface area contributed by atoms with Crippen LogP contribution >= 0.6 is 0 Å². The molecule has 1 heterocycles. The van der Waals surface area contributed by atoms with Crippen molar-refractivity contribution in [1.82, 2.24) is 14.9 Å². The Hall–Kier alpha value is -1.61. The van der Waals surface area contributed by atoms with Gasteiger partial charge in [-0.05, 0) is 31.0 Å². The topological polar surface area (TPSA) is 29.9 Å². The lowest BCUT2D eigenvalue weighted by atomic mass is 10.1. The normalized spacial score (nSPS) is 10.8. The Morgan fingerprint density at radius 1 is 1.28 bits per heavy atom. The molecule has 0 spiro atoms. The molecule has 0 atom stereocenters. The molecular weight excluding hydrogens is 222 g/mol. The minimum atomic E-state index is 0.855. The molecule has 0 saturated carbocycles. The Morgan fingerprint density at radius 2 is 2.11 bits per heavy atom. The van der Waals surface area contributed by atoms with Crippen molar-refractivity contribution in [3.05, 3.63) is 53.6 Å². The van der Waals surface area contributed by atoms with E-state index in [1.165, 1.54) is 11.1 Å². The van der Waals surface area contributed by atoms with E-state index in [4.69, 9.17) is 0 Å². The lowest BCUT2D eigenvalue weighted by Gasteiger charge is -2.05.